The molecular weight excluding hydrogens is 247 g/mol. The highest BCUT2D eigenvalue weighted by molar-refractivity contribution is 6.02. The van der Waals surface area contributed by atoms with Crippen LogP contribution in [0, 0.1) is 5.82 Å². The lowest BCUT2D eigenvalue weighted by Gasteiger charge is -2.08. The highest BCUT2D eigenvalue weighted by Crippen LogP contribution is 2.21. The SMILES string of the molecule is CCOc1ccc(NC(=O)c2ccccn2)cc1F. The molecular formula is C14H13FN2O2. The Bertz CT molecular complexity index is 573. The van der Waals surface area contributed by atoms with E-state index in [9.17, 15) is 9.18 Å². The van der Waals surface area contributed by atoms with E-state index in [0.717, 1.165) is 0 Å². The standard InChI is InChI=1S/C14H13FN2O2/c1-2-19-13-7-6-10(9-11(13)15)17-14(18)12-5-3-4-8-16-12/h3-9H,2H2,1H3,(H,17,18). The maximum Gasteiger partial charge on any atom is 0.274 e. The van der Waals surface area contributed by atoms with Gasteiger partial charge in [-0.2, -0.15) is 0 Å². The fourth-order valence-corrected chi connectivity index (χ4v) is 1.54. The first-order valence-corrected chi connectivity index (χ1v) is 5.85. The first-order chi connectivity index (χ1) is 9.20. The number of ether oxygens (including phenoxy) is 1. The van der Waals surface area contributed by atoms with E-state index in [1.165, 1.54) is 18.3 Å². The molecule has 0 aliphatic rings. The van der Waals surface area contributed by atoms with Crippen molar-refractivity contribution >= 4 is 11.6 Å². The van der Waals surface area contributed by atoms with Crippen molar-refractivity contribution < 1.29 is 13.9 Å². The van der Waals surface area contributed by atoms with Gasteiger partial charge in [-0.25, -0.2) is 4.39 Å². The van der Waals surface area contributed by atoms with Crippen LogP contribution in [0.2, 0.25) is 0 Å². The molecule has 1 N–H and O–H groups in total. The van der Waals surface area contributed by atoms with Gasteiger partial charge in [0, 0.05) is 18.0 Å². The third kappa shape index (κ3) is 3.28. The average Bonchev–Trinajstić information content (AvgIpc) is 2.43. The number of carbonyl (C=O) groups excluding carboxylic acids is 1. The zero-order valence-electron chi connectivity index (χ0n) is 10.4. The maximum atomic E-state index is 13.6. The summed E-state index contributed by atoms with van der Waals surface area (Å²) in [6.45, 7) is 2.16. The second-order valence-electron chi connectivity index (χ2n) is 3.75. The number of rotatable bonds is 4. The van der Waals surface area contributed by atoms with Crippen molar-refractivity contribution in [1.29, 1.82) is 0 Å². The Labute approximate surface area is 110 Å². The largest absolute Gasteiger partial charge is 0.491 e. The predicted molar refractivity (Wildman–Crippen MR) is 69.8 cm³/mol. The van der Waals surface area contributed by atoms with Crippen molar-refractivity contribution in [2.75, 3.05) is 11.9 Å². The molecule has 1 aromatic heterocycles. The molecule has 5 heteroatoms. The number of hydrogen-bond donors (Lipinski definition) is 1. The summed E-state index contributed by atoms with van der Waals surface area (Å²) < 4.78 is 18.7. The van der Waals surface area contributed by atoms with Gasteiger partial charge in [-0.05, 0) is 31.2 Å². The summed E-state index contributed by atoms with van der Waals surface area (Å²) in [6, 6.07) is 9.28. The Morgan fingerprint density at radius 2 is 2.21 bits per heavy atom. The van der Waals surface area contributed by atoms with Crippen LogP contribution >= 0.6 is 0 Å². The molecule has 0 saturated heterocycles. The minimum Gasteiger partial charge on any atom is -0.491 e. The van der Waals surface area contributed by atoms with E-state index in [1.54, 1.807) is 31.2 Å². The lowest BCUT2D eigenvalue weighted by molar-refractivity contribution is 0.102. The van der Waals surface area contributed by atoms with Crippen LogP contribution in [-0.4, -0.2) is 17.5 Å². The molecule has 1 aromatic carbocycles. The van der Waals surface area contributed by atoms with Crippen LogP contribution in [-0.2, 0) is 0 Å². The first-order valence-electron chi connectivity index (χ1n) is 5.85. The lowest BCUT2D eigenvalue weighted by atomic mass is 10.2. The Morgan fingerprint density at radius 1 is 1.37 bits per heavy atom. The average molecular weight is 260 g/mol. The van der Waals surface area contributed by atoms with Gasteiger partial charge in [0.15, 0.2) is 11.6 Å². The molecule has 4 nitrogen and oxygen atoms in total. The van der Waals surface area contributed by atoms with Gasteiger partial charge in [0.25, 0.3) is 5.91 Å². The second kappa shape index (κ2) is 5.95. The lowest BCUT2D eigenvalue weighted by Crippen LogP contribution is -2.13. The topological polar surface area (TPSA) is 51.2 Å². The molecule has 0 saturated carbocycles. The zero-order chi connectivity index (χ0) is 13.7. The minimum atomic E-state index is -0.513. The van der Waals surface area contributed by atoms with Crippen molar-refractivity contribution in [2.45, 2.75) is 6.92 Å². The van der Waals surface area contributed by atoms with E-state index in [1.807, 2.05) is 0 Å². The summed E-state index contributed by atoms with van der Waals surface area (Å²) >= 11 is 0. The zero-order valence-corrected chi connectivity index (χ0v) is 10.4. The number of hydrogen-bond acceptors (Lipinski definition) is 3. The highest BCUT2D eigenvalue weighted by atomic mass is 19.1. The van der Waals surface area contributed by atoms with E-state index in [-0.39, 0.29) is 17.4 Å². The van der Waals surface area contributed by atoms with E-state index < -0.39 is 5.82 Å². The summed E-state index contributed by atoms with van der Waals surface area (Å²) in [5.41, 5.74) is 0.633. The number of amides is 1. The van der Waals surface area contributed by atoms with Gasteiger partial charge in [-0.3, -0.25) is 9.78 Å². The fraction of sp³-hybridized carbons (Fsp3) is 0.143. The summed E-state index contributed by atoms with van der Waals surface area (Å²) in [5.74, 6) is -0.733. The first kappa shape index (κ1) is 13.0. The Balaban J connectivity index is 2.12. The maximum absolute atomic E-state index is 13.6. The number of halogens is 1. The number of nitrogens with one attached hydrogen (secondary N) is 1. The Kier molecular flexibility index (Phi) is 4.07. The Morgan fingerprint density at radius 3 is 2.84 bits per heavy atom. The van der Waals surface area contributed by atoms with Gasteiger partial charge >= 0.3 is 0 Å². The van der Waals surface area contributed by atoms with Crippen molar-refractivity contribution in [3.05, 3.63) is 54.1 Å². The van der Waals surface area contributed by atoms with Crippen molar-refractivity contribution in [3.63, 3.8) is 0 Å². The van der Waals surface area contributed by atoms with Gasteiger partial charge in [-0.15, -0.1) is 0 Å². The van der Waals surface area contributed by atoms with E-state index in [4.69, 9.17) is 4.74 Å². The summed E-state index contributed by atoms with van der Waals surface area (Å²) in [4.78, 5) is 15.7. The van der Waals surface area contributed by atoms with Crippen molar-refractivity contribution in [1.82, 2.24) is 4.98 Å². The molecule has 0 bridgehead atoms. The van der Waals surface area contributed by atoms with E-state index in [0.29, 0.717) is 12.3 Å². The molecule has 0 aliphatic heterocycles. The normalized spacial score (nSPS) is 10.0. The van der Waals surface area contributed by atoms with Crippen LogP contribution in [0.15, 0.2) is 42.6 Å². The van der Waals surface area contributed by atoms with Crippen LogP contribution < -0.4 is 10.1 Å². The molecule has 0 atom stereocenters. The highest BCUT2D eigenvalue weighted by Gasteiger charge is 2.09. The molecule has 98 valence electrons. The van der Waals surface area contributed by atoms with Crippen LogP contribution in [0.4, 0.5) is 10.1 Å². The van der Waals surface area contributed by atoms with E-state index >= 15 is 0 Å². The van der Waals surface area contributed by atoms with Crippen LogP contribution in [0.25, 0.3) is 0 Å². The van der Waals surface area contributed by atoms with Crippen LogP contribution in [0.1, 0.15) is 17.4 Å². The molecule has 2 rings (SSSR count). The summed E-state index contributed by atoms with van der Waals surface area (Å²) in [7, 11) is 0. The Hall–Kier alpha value is -2.43. The van der Waals surface area contributed by atoms with Crippen molar-refractivity contribution in [2.24, 2.45) is 0 Å². The number of nitrogens with zero attached hydrogens (tertiary/aromatic N) is 1. The minimum absolute atomic E-state index is 0.165. The van der Waals surface area contributed by atoms with E-state index in [2.05, 4.69) is 10.3 Å². The third-order valence-corrected chi connectivity index (χ3v) is 2.39. The smallest absolute Gasteiger partial charge is 0.274 e. The summed E-state index contributed by atoms with van der Waals surface area (Å²) in [5, 5.41) is 2.57. The molecule has 2 aromatic rings. The molecule has 0 spiro atoms. The molecule has 0 radical (unpaired) electrons. The second-order valence-corrected chi connectivity index (χ2v) is 3.75. The third-order valence-electron chi connectivity index (χ3n) is 2.39. The van der Waals surface area contributed by atoms with Gasteiger partial charge in [-0.1, -0.05) is 6.07 Å². The van der Waals surface area contributed by atoms with Gasteiger partial charge in [0.1, 0.15) is 5.69 Å². The monoisotopic (exact) mass is 260 g/mol. The van der Waals surface area contributed by atoms with Gasteiger partial charge in [0.05, 0.1) is 6.61 Å². The van der Waals surface area contributed by atoms with Gasteiger partial charge < -0.3 is 10.1 Å². The molecule has 0 unspecified atom stereocenters. The van der Waals surface area contributed by atoms with Crippen LogP contribution in [0.5, 0.6) is 5.75 Å². The number of anilines is 1. The molecule has 1 amide bonds. The number of pyridine rings is 1. The molecule has 0 fully saturated rings. The quantitative estimate of drug-likeness (QED) is 0.919. The number of benzene rings is 1. The fourth-order valence-electron chi connectivity index (χ4n) is 1.54. The number of aromatic nitrogens is 1. The number of carbonyl (C=O) groups is 1. The summed E-state index contributed by atoms with van der Waals surface area (Å²) in [6.07, 6.45) is 1.52. The molecule has 1 heterocycles. The van der Waals surface area contributed by atoms with Crippen LogP contribution in [0.3, 0.4) is 0 Å². The molecule has 19 heavy (non-hydrogen) atoms. The predicted octanol–water partition coefficient (Wildman–Crippen LogP) is 2.87. The van der Waals surface area contributed by atoms with Gasteiger partial charge in [0.2, 0.25) is 0 Å². The molecule has 0 aliphatic carbocycles. The van der Waals surface area contributed by atoms with Crippen molar-refractivity contribution in [3.8, 4) is 5.75 Å².